The molecule has 0 radical (unpaired) electrons. The molecule has 0 aliphatic rings. The van der Waals surface area contributed by atoms with Gasteiger partial charge in [-0.3, -0.25) is 0 Å². The van der Waals surface area contributed by atoms with E-state index in [0.717, 1.165) is 12.7 Å². The highest BCUT2D eigenvalue weighted by Gasteiger charge is 2.12. The van der Waals surface area contributed by atoms with Gasteiger partial charge in [-0.05, 0) is 26.0 Å². The molecule has 0 amide bonds. The van der Waals surface area contributed by atoms with Gasteiger partial charge in [0, 0.05) is 22.2 Å². The first kappa shape index (κ1) is 12.6. The Balaban J connectivity index is 1.94. The summed E-state index contributed by atoms with van der Waals surface area (Å²) in [6.07, 6.45) is 1.98. The highest BCUT2D eigenvalue weighted by Crippen LogP contribution is 2.18. The second kappa shape index (κ2) is 5.22. The predicted molar refractivity (Wildman–Crippen MR) is 69.3 cm³/mol. The molecule has 6 heteroatoms. The minimum atomic E-state index is -1.09. The Morgan fingerprint density at radius 1 is 1.61 bits per heavy atom. The third kappa shape index (κ3) is 3.10. The van der Waals surface area contributed by atoms with Crippen molar-refractivity contribution in [1.29, 1.82) is 0 Å². The SMILES string of the molecule is Cc1ccc(CC(C)Nc2nc(C(=O)O)co2)s1. The van der Waals surface area contributed by atoms with Crippen molar-refractivity contribution in [2.45, 2.75) is 26.3 Å². The topological polar surface area (TPSA) is 75.4 Å². The van der Waals surface area contributed by atoms with Crippen LogP contribution in [0.3, 0.4) is 0 Å². The highest BCUT2D eigenvalue weighted by atomic mass is 32.1. The number of aromatic nitrogens is 1. The number of rotatable bonds is 5. The van der Waals surface area contributed by atoms with Gasteiger partial charge in [-0.25, -0.2) is 4.79 Å². The molecule has 0 saturated heterocycles. The molecule has 0 aliphatic heterocycles. The zero-order valence-electron chi connectivity index (χ0n) is 10.1. The molecule has 1 atom stereocenters. The molecule has 0 spiro atoms. The van der Waals surface area contributed by atoms with E-state index in [2.05, 4.69) is 29.4 Å². The summed E-state index contributed by atoms with van der Waals surface area (Å²) in [5.74, 6) is -1.09. The summed E-state index contributed by atoms with van der Waals surface area (Å²) in [6, 6.07) is 4.55. The Kier molecular flexibility index (Phi) is 3.66. The van der Waals surface area contributed by atoms with Gasteiger partial charge < -0.3 is 14.8 Å². The first-order valence-corrected chi connectivity index (χ1v) is 6.37. The summed E-state index contributed by atoms with van der Waals surface area (Å²) in [4.78, 5) is 17.0. The van der Waals surface area contributed by atoms with Gasteiger partial charge in [0.05, 0.1) is 0 Å². The van der Waals surface area contributed by atoms with Crippen molar-refractivity contribution in [3.63, 3.8) is 0 Å². The summed E-state index contributed by atoms with van der Waals surface area (Å²) >= 11 is 1.75. The second-order valence-electron chi connectivity index (χ2n) is 4.10. The number of thiophene rings is 1. The number of nitrogens with zero attached hydrogens (tertiary/aromatic N) is 1. The molecule has 0 fully saturated rings. The number of aryl methyl sites for hydroxylation is 1. The Labute approximate surface area is 108 Å². The molecule has 96 valence electrons. The predicted octanol–water partition coefficient (Wildman–Crippen LogP) is 2.79. The van der Waals surface area contributed by atoms with Crippen molar-refractivity contribution in [1.82, 2.24) is 4.98 Å². The maximum Gasteiger partial charge on any atom is 0.357 e. The maximum absolute atomic E-state index is 10.6. The molecule has 2 rings (SSSR count). The quantitative estimate of drug-likeness (QED) is 0.870. The summed E-state index contributed by atoms with van der Waals surface area (Å²) < 4.78 is 5.04. The fraction of sp³-hybridized carbons (Fsp3) is 0.333. The molecule has 2 aromatic heterocycles. The molecule has 2 N–H and O–H groups in total. The Morgan fingerprint density at radius 2 is 2.39 bits per heavy atom. The van der Waals surface area contributed by atoms with Crippen LogP contribution in [0.4, 0.5) is 6.01 Å². The number of nitrogens with one attached hydrogen (secondary N) is 1. The van der Waals surface area contributed by atoms with Crippen molar-refractivity contribution in [3.05, 3.63) is 33.8 Å². The number of oxazole rings is 1. The first-order valence-electron chi connectivity index (χ1n) is 5.55. The van der Waals surface area contributed by atoms with Gasteiger partial charge in [0.15, 0.2) is 5.69 Å². The van der Waals surface area contributed by atoms with Crippen LogP contribution in [-0.2, 0) is 6.42 Å². The van der Waals surface area contributed by atoms with Crippen molar-refractivity contribution in [2.75, 3.05) is 5.32 Å². The summed E-state index contributed by atoms with van der Waals surface area (Å²) in [6.45, 7) is 4.07. The van der Waals surface area contributed by atoms with E-state index in [1.807, 2.05) is 6.92 Å². The van der Waals surface area contributed by atoms with Crippen LogP contribution < -0.4 is 5.32 Å². The van der Waals surface area contributed by atoms with Crippen LogP contribution in [0, 0.1) is 6.92 Å². The lowest BCUT2D eigenvalue weighted by molar-refractivity contribution is 0.0690. The van der Waals surface area contributed by atoms with Gasteiger partial charge in [0.1, 0.15) is 6.26 Å². The molecule has 0 saturated carbocycles. The Morgan fingerprint density at radius 3 is 2.94 bits per heavy atom. The van der Waals surface area contributed by atoms with Crippen molar-refractivity contribution in [2.24, 2.45) is 0 Å². The van der Waals surface area contributed by atoms with Crippen LogP contribution in [0.25, 0.3) is 0 Å². The third-order valence-corrected chi connectivity index (χ3v) is 3.42. The highest BCUT2D eigenvalue weighted by molar-refractivity contribution is 7.11. The van der Waals surface area contributed by atoms with Crippen LogP contribution in [0.2, 0.25) is 0 Å². The number of hydrogen-bond donors (Lipinski definition) is 2. The molecular formula is C12H14N2O3S. The Bertz CT molecular complexity index is 547. The monoisotopic (exact) mass is 266 g/mol. The summed E-state index contributed by atoms with van der Waals surface area (Å²) in [7, 11) is 0. The first-order chi connectivity index (χ1) is 8.54. The lowest BCUT2D eigenvalue weighted by Crippen LogP contribution is -2.17. The third-order valence-electron chi connectivity index (χ3n) is 2.40. The van der Waals surface area contributed by atoms with E-state index in [0.29, 0.717) is 0 Å². The summed E-state index contributed by atoms with van der Waals surface area (Å²) in [5, 5.41) is 11.8. The minimum absolute atomic E-state index is 0.0864. The average molecular weight is 266 g/mol. The van der Waals surface area contributed by atoms with E-state index in [9.17, 15) is 4.79 Å². The van der Waals surface area contributed by atoms with Gasteiger partial charge in [-0.15, -0.1) is 11.3 Å². The fourth-order valence-corrected chi connectivity index (χ4v) is 2.62. The van der Waals surface area contributed by atoms with Gasteiger partial charge in [0.25, 0.3) is 6.01 Å². The second-order valence-corrected chi connectivity index (χ2v) is 5.48. The number of anilines is 1. The van der Waals surface area contributed by atoms with Gasteiger partial charge in [-0.1, -0.05) is 0 Å². The largest absolute Gasteiger partial charge is 0.476 e. The van der Waals surface area contributed by atoms with Crippen LogP contribution in [0.5, 0.6) is 0 Å². The van der Waals surface area contributed by atoms with E-state index in [4.69, 9.17) is 9.52 Å². The molecular weight excluding hydrogens is 252 g/mol. The maximum atomic E-state index is 10.6. The zero-order chi connectivity index (χ0) is 13.1. The molecule has 0 bridgehead atoms. The van der Waals surface area contributed by atoms with Crippen molar-refractivity contribution < 1.29 is 14.3 Å². The van der Waals surface area contributed by atoms with Crippen LogP contribution >= 0.6 is 11.3 Å². The van der Waals surface area contributed by atoms with E-state index >= 15 is 0 Å². The number of carboxylic acid groups (broad SMARTS) is 1. The standard InChI is InChI=1S/C12H14N2O3S/c1-7(5-9-4-3-8(2)18-9)13-12-14-10(6-17-12)11(15)16/h3-4,6-7H,5H2,1-2H3,(H,13,14)(H,15,16). The van der Waals surface area contributed by atoms with E-state index < -0.39 is 5.97 Å². The van der Waals surface area contributed by atoms with Crippen LogP contribution in [0.1, 0.15) is 27.2 Å². The average Bonchev–Trinajstić information content (AvgIpc) is 2.88. The van der Waals surface area contributed by atoms with Crippen molar-refractivity contribution in [3.8, 4) is 0 Å². The molecule has 0 aliphatic carbocycles. The molecule has 0 aromatic carbocycles. The normalized spacial score (nSPS) is 12.3. The molecule has 2 aromatic rings. The lowest BCUT2D eigenvalue weighted by atomic mass is 10.2. The molecule has 5 nitrogen and oxygen atoms in total. The number of carboxylic acids is 1. The minimum Gasteiger partial charge on any atom is -0.476 e. The van der Waals surface area contributed by atoms with Crippen molar-refractivity contribution >= 4 is 23.3 Å². The smallest absolute Gasteiger partial charge is 0.357 e. The molecule has 2 heterocycles. The van der Waals surface area contributed by atoms with Gasteiger partial charge in [0.2, 0.25) is 0 Å². The van der Waals surface area contributed by atoms with Gasteiger partial charge in [-0.2, -0.15) is 4.98 Å². The summed E-state index contributed by atoms with van der Waals surface area (Å²) in [5.41, 5.74) is -0.0864. The van der Waals surface area contributed by atoms with E-state index in [1.165, 1.54) is 9.75 Å². The number of carbonyl (C=O) groups is 1. The Hall–Kier alpha value is -1.82. The molecule has 1 unspecified atom stereocenters. The number of aromatic carboxylic acids is 1. The van der Waals surface area contributed by atoms with E-state index in [-0.39, 0.29) is 17.8 Å². The van der Waals surface area contributed by atoms with Crippen LogP contribution in [0.15, 0.2) is 22.8 Å². The zero-order valence-corrected chi connectivity index (χ0v) is 11.0. The lowest BCUT2D eigenvalue weighted by Gasteiger charge is -2.10. The van der Waals surface area contributed by atoms with E-state index in [1.54, 1.807) is 11.3 Å². The number of hydrogen-bond acceptors (Lipinski definition) is 5. The van der Waals surface area contributed by atoms with Gasteiger partial charge >= 0.3 is 5.97 Å². The van der Waals surface area contributed by atoms with Crippen LogP contribution in [-0.4, -0.2) is 22.1 Å². The fourth-order valence-electron chi connectivity index (χ4n) is 1.60. The molecule has 18 heavy (non-hydrogen) atoms.